The van der Waals surface area contributed by atoms with Crippen LogP contribution in [0.1, 0.15) is 84.5 Å². The maximum absolute atomic E-state index is 12.6. The summed E-state index contributed by atoms with van der Waals surface area (Å²) in [5, 5.41) is 1.08. The third kappa shape index (κ3) is 3.11. The molecule has 0 aromatic heterocycles. The van der Waals surface area contributed by atoms with Gasteiger partial charge in [-0.15, -0.1) is 0 Å². The minimum atomic E-state index is -0.0470. The van der Waals surface area contributed by atoms with Crippen molar-refractivity contribution in [3.63, 3.8) is 0 Å². The van der Waals surface area contributed by atoms with Crippen LogP contribution in [0.2, 0.25) is 0 Å². The molecule has 0 N–H and O–H groups in total. The molecular formula is C24H35BrO2. The molecule has 150 valence electrons. The van der Waals surface area contributed by atoms with Crippen molar-refractivity contribution in [2.24, 2.45) is 34.5 Å². The van der Waals surface area contributed by atoms with E-state index >= 15 is 0 Å². The summed E-state index contributed by atoms with van der Waals surface area (Å²) in [6, 6.07) is 0. The van der Waals surface area contributed by atoms with Gasteiger partial charge in [0.05, 0.1) is 0 Å². The van der Waals surface area contributed by atoms with E-state index in [1.807, 2.05) is 6.08 Å². The van der Waals surface area contributed by atoms with Gasteiger partial charge in [-0.2, -0.15) is 0 Å². The lowest BCUT2D eigenvalue weighted by atomic mass is 9.45. The lowest BCUT2D eigenvalue weighted by molar-refractivity contribution is -0.134. The van der Waals surface area contributed by atoms with Crippen molar-refractivity contribution in [2.45, 2.75) is 84.5 Å². The van der Waals surface area contributed by atoms with Crippen LogP contribution in [0.15, 0.2) is 11.6 Å². The average molecular weight is 435 g/mol. The number of allylic oxidation sites excluding steroid dienone is 1. The van der Waals surface area contributed by atoms with Crippen LogP contribution in [0, 0.1) is 34.5 Å². The van der Waals surface area contributed by atoms with Crippen molar-refractivity contribution >= 4 is 27.5 Å². The summed E-state index contributed by atoms with van der Waals surface area (Å²) in [6.45, 7) is 4.76. The number of fused-ring (bicyclic) bond motifs is 5. The zero-order chi connectivity index (χ0) is 19.2. The zero-order valence-corrected chi connectivity index (χ0v) is 18.7. The van der Waals surface area contributed by atoms with Crippen molar-refractivity contribution in [1.82, 2.24) is 0 Å². The van der Waals surface area contributed by atoms with E-state index in [9.17, 15) is 9.59 Å². The summed E-state index contributed by atoms with van der Waals surface area (Å²) >= 11 is 3.54. The molecule has 0 saturated heterocycles. The van der Waals surface area contributed by atoms with Gasteiger partial charge >= 0.3 is 0 Å². The molecule has 3 heteroatoms. The Morgan fingerprint density at radius 1 is 1.04 bits per heavy atom. The molecule has 4 rings (SSSR count). The number of unbranched alkanes of at least 4 members (excludes halogenated alkanes) is 2. The van der Waals surface area contributed by atoms with E-state index in [2.05, 4.69) is 29.8 Å². The van der Waals surface area contributed by atoms with Crippen LogP contribution in [0.4, 0.5) is 0 Å². The van der Waals surface area contributed by atoms with E-state index in [4.69, 9.17) is 0 Å². The minimum Gasteiger partial charge on any atom is -0.299 e. The van der Waals surface area contributed by atoms with Gasteiger partial charge in [-0.25, -0.2) is 0 Å². The quantitative estimate of drug-likeness (QED) is 0.377. The smallest absolute Gasteiger partial charge is 0.155 e. The van der Waals surface area contributed by atoms with Crippen LogP contribution in [0.3, 0.4) is 0 Å². The first kappa shape index (κ1) is 19.9. The number of Topliss-reactive ketones (excluding diaryl/α,β-unsaturated/α-hetero) is 1. The van der Waals surface area contributed by atoms with Gasteiger partial charge in [0.1, 0.15) is 5.78 Å². The molecule has 2 nitrogen and oxygen atoms in total. The van der Waals surface area contributed by atoms with Gasteiger partial charge < -0.3 is 0 Å². The molecule has 6 atom stereocenters. The van der Waals surface area contributed by atoms with Gasteiger partial charge in [0.15, 0.2) is 5.78 Å². The third-order valence-electron chi connectivity index (χ3n) is 9.17. The molecule has 0 radical (unpaired) electrons. The third-order valence-corrected chi connectivity index (χ3v) is 9.73. The molecule has 0 aromatic rings. The maximum atomic E-state index is 12.6. The lowest BCUT2D eigenvalue weighted by Crippen LogP contribution is -2.53. The normalized spacial score (nSPS) is 43.7. The number of ketones is 2. The Morgan fingerprint density at radius 3 is 2.63 bits per heavy atom. The second-order valence-corrected chi connectivity index (χ2v) is 11.0. The predicted molar refractivity (Wildman–Crippen MR) is 113 cm³/mol. The summed E-state index contributed by atoms with van der Waals surface area (Å²) in [6.07, 6.45) is 14.2. The van der Waals surface area contributed by atoms with Crippen LogP contribution in [0.25, 0.3) is 0 Å². The largest absolute Gasteiger partial charge is 0.299 e. The van der Waals surface area contributed by atoms with Crippen LogP contribution >= 0.6 is 15.9 Å². The van der Waals surface area contributed by atoms with Gasteiger partial charge in [0.2, 0.25) is 0 Å². The Bertz CT molecular complexity index is 653. The van der Waals surface area contributed by atoms with Crippen molar-refractivity contribution in [1.29, 1.82) is 0 Å². The van der Waals surface area contributed by atoms with E-state index in [1.54, 1.807) is 0 Å². The maximum Gasteiger partial charge on any atom is 0.155 e. The Morgan fingerprint density at radius 2 is 1.85 bits per heavy atom. The van der Waals surface area contributed by atoms with E-state index in [-0.39, 0.29) is 10.8 Å². The van der Waals surface area contributed by atoms with E-state index in [0.717, 1.165) is 37.4 Å². The highest BCUT2D eigenvalue weighted by Gasteiger charge is 2.60. The number of hydrogen-bond donors (Lipinski definition) is 0. The monoisotopic (exact) mass is 434 g/mol. The highest BCUT2D eigenvalue weighted by atomic mass is 79.9. The molecular weight excluding hydrogens is 400 g/mol. The molecule has 3 fully saturated rings. The van der Waals surface area contributed by atoms with Gasteiger partial charge in [-0.3, -0.25) is 9.59 Å². The molecule has 0 unspecified atom stereocenters. The van der Waals surface area contributed by atoms with Crippen LogP contribution < -0.4 is 0 Å². The topological polar surface area (TPSA) is 34.1 Å². The molecule has 0 bridgehead atoms. The first-order chi connectivity index (χ1) is 12.9. The average Bonchev–Trinajstić information content (AvgIpc) is 2.94. The Balaban J connectivity index is 1.61. The van der Waals surface area contributed by atoms with E-state index in [1.165, 1.54) is 44.1 Å². The van der Waals surface area contributed by atoms with Crippen molar-refractivity contribution in [2.75, 3.05) is 5.33 Å². The molecule has 27 heavy (non-hydrogen) atoms. The highest BCUT2D eigenvalue weighted by Crippen LogP contribution is 2.66. The number of carbonyl (C=O) groups excluding carboxylic acids is 2. The predicted octanol–water partition coefficient (Wildman–Crippen LogP) is 6.27. The van der Waals surface area contributed by atoms with E-state index in [0.29, 0.717) is 35.2 Å². The SMILES string of the molecule is C[C@@]12C(=CC(=O)C[C@@H]1CCCCCBr)CC[C@@H]1[C@@H]2CC[C@]2(C)C(=O)CC[C@@H]12. The van der Waals surface area contributed by atoms with Gasteiger partial charge in [-0.05, 0) is 80.1 Å². The Labute approximate surface area is 173 Å². The van der Waals surface area contributed by atoms with Crippen LogP contribution in [-0.4, -0.2) is 16.9 Å². The first-order valence-corrected chi connectivity index (χ1v) is 12.4. The fraction of sp³-hybridized carbons (Fsp3) is 0.833. The summed E-state index contributed by atoms with van der Waals surface area (Å²) in [4.78, 5) is 25.1. The van der Waals surface area contributed by atoms with Crippen LogP contribution in [0.5, 0.6) is 0 Å². The molecule has 0 aromatic carbocycles. The zero-order valence-electron chi connectivity index (χ0n) is 17.1. The summed E-state index contributed by atoms with van der Waals surface area (Å²) in [5.41, 5.74) is 1.60. The number of halogens is 1. The lowest BCUT2D eigenvalue weighted by Gasteiger charge is -2.59. The Hall–Kier alpha value is -0.440. The number of rotatable bonds is 5. The molecule has 4 aliphatic rings. The Kier molecular flexibility index (Phi) is 5.46. The molecule has 0 aliphatic heterocycles. The van der Waals surface area contributed by atoms with Crippen molar-refractivity contribution in [3.05, 3.63) is 11.6 Å². The number of carbonyl (C=O) groups is 2. The molecule has 0 amide bonds. The minimum absolute atomic E-state index is 0.0470. The van der Waals surface area contributed by atoms with Crippen LogP contribution in [-0.2, 0) is 9.59 Å². The molecule has 0 heterocycles. The molecule has 0 spiro atoms. The fourth-order valence-electron chi connectivity index (χ4n) is 7.60. The van der Waals surface area contributed by atoms with Gasteiger partial charge in [0.25, 0.3) is 0 Å². The van der Waals surface area contributed by atoms with Crippen molar-refractivity contribution < 1.29 is 9.59 Å². The summed E-state index contributed by atoms with van der Waals surface area (Å²) in [5.74, 6) is 3.36. The van der Waals surface area contributed by atoms with Gasteiger partial charge in [-0.1, -0.05) is 48.2 Å². The molecule has 4 aliphatic carbocycles. The second-order valence-electron chi connectivity index (χ2n) is 10.2. The standard InChI is InChI=1S/C24H35BrO2/c1-23-12-11-21-19(20(23)9-10-22(23)27)8-7-17-15-18(26)14-16(24(17,21)2)6-4-3-5-13-25/h15-16,19-21H,3-14H2,1-2H3/t16-,19-,20-,21-,23-,24-/m0/s1. The van der Waals surface area contributed by atoms with Crippen molar-refractivity contribution in [3.8, 4) is 0 Å². The number of alkyl halides is 1. The number of hydrogen-bond acceptors (Lipinski definition) is 2. The summed E-state index contributed by atoms with van der Waals surface area (Å²) < 4.78 is 0. The fourth-order valence-corrected chi connectivity index (χ4v) is 8.00. The van der Waals surface area contributed by atoms with Gasteiger partial charge in [0, 0.05) is 23.6 Å². The summed E-state index contributed by atoms with van der Waals surface area (Å²) in [7, 11) is 0. The second kappa shape index (κ2) is 7.43. The van der Waals surface area contributed by atoms with E-state index < -0.39 is 0 Å². The highest BCUT2D eigenvalue weighted by molar-refractivity contribution is 9.09. The first-order valence-electron chi connectivity index (χ1n) is 11.2. The molecule has 3 saturated carbocycles.